The molecule has 0 atom stereocenters. The maximum atomic E-state index is 12.2. The Balaban J connectivity index is 1.90. The van der Waals surface area contributed by atoms with E-state index in [1.54, 1.807) is 19.2 Å². The van der Waals surface area contributed by atoms with E-state index in [1.807, 2.05) is 38.1 Å². The number of hydrogen-bond donors (Lipinski definition) is 2. The number of benzene rings is 2. The van der Waals surface area contributed by atoms with Gasteiger partial charge in [0.2, 0.25) is 5.91 Å². The van der Waals surface area contributed by atoms with Crippen molar-refractivity contribution in [2.45, 2.75) is 19.4 Å². The first kappa shape index (κ1) is 18.9. The van der Waals surface area contributed by atoms with E-state index in [-0.39, 0.29) is 29.6 Å². The van der Waals surface area contributed by atoms with Crippen molar-refractivity contribution in [2.24, 2.45) is 4.99 Å². The summed E-state index contributed by atoms with van der Waals surface area (Å²) in [5, 5.41) is 13.3. The summed E-state index contributed by atoms with van der Waals surface area (Å²) in [5.41, 5.74) is 2.59. The standard InChI is InChI=1S/C22H22N2O5/c1-22(2)8-7-12-9-13(10-16(28-4)21(12)29-22)18-14-5-6-15(27-3)20(26)19(14)24-17(25)11-23-18/h5-10,26H,11H2,1-4H3,(H,24,25). The van der Waals surface area contributed by atoms with Gasteiger partial charge in [-0.05, 0) is 44.2 Å². The molecule has 7 nitrogen and oxygen atoms in total. The lowest BCUT2D eigenvalue weighted by Gasteiger charge is -2.29. The highest BCUT2D eigenvalue weighted by atomic mass is 16.5. The predicted octanol–water partition coefficient (Wildman–Crippen LogP) is 3.38. The average Bonchev–Trinajstić information content (AvgIpc) is 2.86. The zero-order valence-electron chi connectivity index (χ0n) is 16.7. The SMILES string of the molecule is COc1ccc2c(c1O)NC(=O)CN=C2c1cc2c(c(OC)c1)OC(C)(C)C=C2. The van der Waals surface area contributed by atoms with Crippen LogP contribution in [0.4, 0.5) is 5.69 Å². The minimum atomic E-state index is -0.438. The number of benzodiazepines with no additional fused rings is 1. The number of hydrogen-bond acceptors (Lipinski definition) is 6. The van der Waals surface area contributed by atoms with Gasteiger partial charge in [0.15, 0.2) is 23.0 Å². The van der Waals surface area contributed by atoms with Crippen LogP contribution < -0.4 is 19.5 Å². The number of amides is 1. The number of anilines is 1. The van der Waals surface area contributed by atoms with E-state index in [2.05, 4.69) is 10.3 Å². The number of aromatic hydroxyl groups is 1. The third-order valence-corrected chi connectivity index (χ3v) is 4.87. The number of ether oxygens (including phenoxy) is 3. The first-order valence-corrected chi connectivity index (χ1v) is 9.18. The first-order valence-electron chi connectivity index (χ1n) is 9.18. The Bertz CT molecular complexity index is 1070. The zero-order chi connectivity index (χ0) is 20.8. The van der Waals surface area contributed by atoms with Gasteiger partial charge < -0.3 is 24.6 Å². The van der Waals surface area contributed by atoms with Crippen LogP contribution >= 0.6 is 0 Å². The fourth-order valence-corrected chi connectivity index (χ4v) is 3.46. The van der Waals surface area contributed by atoms with E-state index in [1.165, 1.54) is 7.11 Å². The molecule has 2 aliphatic heterocycles. The summed E-state index contributed by atoms with van der Waals surface area (Å²) in [6, 6.07) is 7.17. The number of aliphatic imine (C=N–C) groups is 1. The van der Waals surface area contributed by atoms with Crippen molar-refractivity contribution in [2.75, 3.05) is 26.1 Å². The zero-order valence-corrected chi connectivity index (χ0v) is 16.7. The molecule has 0 spiro atoms. The van der Waals surface area contributed by atoms with E-state index >= 15 is 0 Å². The highest BCUT2D eigenvalue weighted by molar-refractivity contribution is 6.20. The monoisotopic (exact) mass is 394 g/mol. The molecule has 2 aliphatic rings. The van der Waals surface area contributed by atoms with Crippen molar-refractivity contribution < 1.29 is 24.1 Å². The maximum absolute atomic E-state index is 12.2. The van der Waals surface area contributed by atoms with Crippen LogP contribution in [0.3, 0.4) is 0 Å². The highest BCUT2D eigenvalue weighted by Crippen LogP contribution is 2.42. The molecule has 1 amide bonds. The molecule has 0 saturated heterocycles. The summed E-state index contributed by atoms with van der Waals surface area (Å²) in [5.74, 6) is 1.04. The summed E-state index contributed by atoms with van der Waals surface area (Å²) >= 11 is 0. The molecule has 0 radical (unpaired) electrons. The summed E-state index contributed by atoms with van der Waals surface area (Å²) in [6.45, 7) is 3.88. The van der Waals surface area contributed by atoms with Crippen LogP contribution in [-0.4, -0.2) is 43.1 Å². The Kier molecular flexibility index (Phi) is 4.45. The molecule has 0 fully saturated rings. The first-order chi connectivity index (χ1) is 13.8. The van der Waals surface area contributed by atoms with Gasteiger partial charge in [-0.15, -0.1) is 0 Å². The quantitative estimate of drug-likeness (QED) is 0.779. The van der Waals surface area contributed by atoms with Crippen LogP contribution in [0, 0.1) is 0 Å². The molecule has 0 aromatic heterocycles. The molecular weight excluding hydrogens is 372 g/mol. The van der Waals surface area contributed by atoms with Gasteiger partial charge in [0.25, 0.3) is 0 Å². The Morgan fingerprint density at radius 3 is 2.66 bits per heavy atom. The number of methoxy groups -OCH3 is 2. The highest BCUT2D eigenvalue weighted by Gasteiger charge is 2.28. The number of fused-ring (bicyclic) bond motifs is 2. The summed E-state index contributed by atoms with van der Waals surface area (Å²) in [7, 11) is 3.04. The second-order valence-corrected chi connectivity index (χ2v) is 7.39. The minimum absolute atomic E-state index is 0.0649. The van der Waals surface area contributed by atoms with E-state index in [0.29, 0.717) is 22.8 Å². The normalized spacial score (nSPS) is 16.6. The van der Waals surface area contributed by atoms with Crippen LogP contribution in [0.2, 0.25) is 0 Å². The fourth-order valence-electron chi connectivity index (χ4n) is 3.46. The Morgan fingerprint density at radius 1 is 1.17 bits per heavy atom. The molecule has 0 aliphatic carbocycles. The van der Waals surface area contributed by atoms with Crippen molar-refractivity contribution in [3.63, 3.8) is 0 Å². The Morgan fingerprint density at radius 2 is 1.93 bits per heavy atom. The van der Waals surface area contributed by atoms with Crippen molar-refractivity contribution in [1.82, 2.24) is 0 Å². The van der Waals surface area contributed by atoms with Gasteiger partial charge >= 0.3 is 0 Å². The number of carbonyl (C=O) groups excluding carboxylic acids is 1. The molecule has 2 heterocycles. The predicted molar refractivity (Wildman–Crippen MR) is 111 cm³/mol. The number of nitrogens with one attached hydrogen (secondary N) is 1. The minimum Gasteiger partial charge on any atom is -0.503 e. The Hall–Kier alpha value is -3.48. The van der Waals surface area contributed by atoms with Crippen molar-refractivity contribution >= 4 is 23.4 Å². The number of nitrogens with zero attached hydrogens (tertiary/aromatic N) is 1. The van der Waals surface area contributed by atoms with Crippen LogP contribution in [0.1, 0.15) is 30.5 Å². The number of phenols is 1. The van der Waals surface area contributed by atoms with Gasteiger partial charge in [-0.3, -0.25) is 9.79 Å². The molecule has 0 saturated carbocycles. The van der Waals surface area contributed by atoms with E-state index < -0.39 is 5.60 Å². The van der Waals surface area contributed by atoms with Crippen LogP contribution in [-0.2, 0) is 4.79 Å². The number of carbonyl (C=O) groups is 1. The molecule has 0 unspecified atom stereocenters. The van der Waals surface area contributed by atoms with Gasteiger partial charge in [-0.2, -0.15) is 0 Å². The molecule has 2 aromatic rings. The van der Waals surface area contributed by atoms with Crippen molar-refractivity contribution in [3.8, 4) is 23.0 Å². The molecule has 29 heavy (non-hydrogen) atoms. The third kappa shape index (κ3) is 3.29. The van der Waals surface area contributed by atoms with E-state index in [4.69, 9.17) is 14.2 Å². The lowest BCUT2D eigenvalue weighted by Crippen LogP contribution is -2.28. The Labute approximate surface area is 168 Å². The smallest absolute Gasteiger partial charge is 0.246 e. The van der Waals surface area contributed by atoms with Gasteiger partial charge in [0, 0.05) is 16.7 Å². The maximum Gasteiger partial charge on any atom is 0.246 e. The molecule has 7 heteroatoms. The molecular formula is C22H22N2O5. The van der Waals surface area contributed by atoms with Crippen molar-refractivity contribution in [1.29, 1.82) is 0 Å². The second kappa shape index (κ2) is 6.84. The number of rotatable bonds is 3. The van der Waals surface area contributed by atoms with E-state index in [0.717, 1.165) is 11.1 Å². The third-order valence-electron chi connectivity index (χ3n) is 4.87. The summed E-state index contributed by atoms with van der Waals surface area (Å²) in [4.78, 5) is 16.7. The molecule has 4 rings (SSSR count). The van der Waals surface area contributed by atoms with Crippen LogP contribution in [0.5, 0.6) is 23.0 Å². The summed E-state index contributed by atoms with van der Waals surface area (Å²) < 4.78 is 16.8. The molecule has 150 valence electrons. The lowest BCUT2D eigenvalue weighted by atomic mass is 9.95. The van der Waals surface area contributed by atoms with Crippen LogP contribution in [0.25, 0.3) is 6.08 Å². The van der Waals surface area contributed by atoms with Gasteiger partial charge in [-0.1, -0.05) is 6.08 Å². The number of phenolic OH excluding ortho intramolecular Hbond substituents is 1. The van der Waals surface area contributed by atoms with Gasteiger partial charge in [0.1, 0.15) is 12.1 Å². The average molecular weight is 394 g/mol. The fraction of sp³-hybridized carbons (Fsp3) is 0.273. The summed E-state index contributed by atoms with van der Waals surface area (Å²) in [6.07, 6.45) is 3.96. The topological polar surface area (TPSA) is 89.4 Å². The van der Waals surface area contributed by atoms with Gasteiger partial charge in [0.05, 0.1) is 25.6 Å². The second-order valence-electron chi connectivity index (χ2n) is 7.39. The molecule has 2 N–H and O–H groups in total. The van der Waals surface area contributed by atoms with E-state index in [9.17, 15) is 9.90 Å². The lowest BCUT2D eigenvalue weighted by molar-refractivity contribution is -0.114. The van der Waals surface area contributed by atoms with Crippen molar-refractivity contribution in [3.05, 3.63) is 47.0 Å². The van der Waals surface area contributed by atoms with Crippen LogP contribution in [0.15, 0.2) is 35.3 Å². The molecule has 0 bridgehead atoms. The van der Waals surface area contributed by atoms with Gasteiger partial charge in [-0.25, -0.2) is 0 Å². The largest absolute Gasteiger partial charge is 0.503 e. The molecule has 2 aromatic carbocycles.